The molecule has 1 fully saturated rings. The van der Waals surface area contributed by atoms with Gasteiger partial charge in [-0.25, -0.2) is 14.8 Å². The van der Waals surface area contributed by atoms with E-state index >= 15 is 0 Å². The van der Waals surface area contributed by atoms with E-state index in [0.717, 1.165) is 29.3 Å². The second-order valence-corrected chi connectivity index (χ2v) is 10.6. The highest BCUT2D eigenvalue weighted by Gasteiger charge is 2.25. The smallest absolute Gasteiger partial charge is 0.321 e. The fraction of sp³-hybridized carbons (Fsp3) is 0.267. The summed E-state index contributed by atoms with van der Waals surface area (Å²) in [7, 11) is 3.87. The number of aromatic nitrogens is 3. The van der Waals surface area contributed by atoms with Gasteiger partial charge in [-0.05, 0) is 57.3 Å². The number of amides is 3. The molecule has 0 saturated carbocycles. The number of hydrogen-bond donors (Lipinski definition) is 4. The van der Waals surface area contributed by atoms with Crippen LogP contribution in [0.2, 0.25) is 5.02 Å². The first-order valence-electron chi connectivity index (χ1n) is 13.5. The molecule has 1 unspecified atom stereocenters. The summed E-state index contributed by atoms with van der Waals surface area (Å²) < 4.78 is 0. The molecule has 0 spiro atoms. The molecule has 4 aromatic rings. The minimum atomic E-state index is -0.200. The summed E-state index contributed by atoms with van der Waals surface area (Å²) >= 11 is 6.48. The molecule has 2 aromatic heterocycles. The summed E-state index contributed by atoms with van der Waals surface area (Å²) in [5, 5.41) is 10.7. The Morgan fingerprint density at radius 3 is 2.66 bits per heavy atom. The first-order valence-corrected chi connectivity index (χ1v) is 13.9. The maximum atomic E-state index is 13.0. The molecule has 10 nitrogen and oxygen atoms in total. The zero-order valence-corrected chi connectivity index (χ0v) is 23.8. The number of carbonyl (C=O) groups is 2. The van der Waals surface area contributed by atoms with Crippen molar-refractivity contribution in [2.75, 3.05) is 49.7 Å². The molecule has 4 N–H and O–H groups in total. The van der Waals surface area contributed by atoms with Gasteiger partial charge in [-0.15, -0.1) is 0 Å². The standard InChI is InChI=1S/C30H33ClN8O2/c1-38(2)15-6-10-27(40)34-20-11-13-21(14-12-20)36-30(41)39-16-5-7-22(19-39)35-29-33-18-25(31)28(37-29)24-17-32-26-9-4-3-8-23(24)26/h3-4,6,8-14,17-18,22,32H,5,7,15-16,19H2,1-2H3,(H,34,40)(H,36,41)(H,33,35,37)/b10-6+. The van der Waals surface area contributed by atoms with E-state index in [2.05, 4.69) is 25.9 Å². The molecule has 1 aliphatic heterocycles. The minimum Gasteiger partial charge on any atom is -0.360 e. The fourth-order valence-corrected chi connectivity index (χ4v) is 4.94. The zero-order valence-electron chi connectivity index (χ0n) is 23.0. The molecule has 1 aliphatic rings. The van der Waals surface area contributed by atoms with Crippen LogP contribution in [0, 0.1) is 0 Å². The first-order chi connectivity index (χ1) is 19.9. The third-order valence-corrected chi connectivity index (χ3v) is 7.05. The van der Waals surface area contributed by atoms with Gasteiger partial charge >= 0.3 is 6.03 Å². The van der Waals surface area contributed by atoms with Crippen molar-refractivity contribution in [3.8, 4) is 11.3 Å². The van der Waals surface area contributed by atoms with Gasteiger partial charge in [0.2, 0.25) is 11.9 Å². The van der Waals surface area contributed by atoms with Crippen molar-refractivity contribution in [2.24, 2.45) is 0 Å². The number of benzene rings is 2. The number of nitrogens with zero attached hydrogens (tertiary/aromatic N) is 4. The second-order valence-electron chi connectivity index (χ2n) is 10.2. The monoisotopic (exact) mass is 572 g/mol. The van der Waals surface area contributed by atoms with Crippen LogP contribution in [0.4, 0.5) is 22.1 Å². The van der Waals surface area contributed by atoms with Crippen LogP contribution in [0.3, 0.4) is 0 Å². The Morgan fingerprint density at radius 1 is 1.12 bits per heavy atom. The third-order valence-electron chi connectivity index (χ3n) is 6.77. The van der Waals surface area contributed by atoms with Gasteiger partial charge in [0.1, 0.15) is 0 Å². The molecule has 41 heavy (non-hydrogen) atoms. The molecule has 2 aromatic carbocycles. The van der Waals surface area contributed by atoms with Crippen molar-refractivity contribution >= 4 is 51.8 Å². The van der Waals surface area contributed by atoms with Gasteiger partial charge in [0.15, 0.2) is 0 Å². The summed E-state index contributed by atoms with van der Waals surface area (Å²) in [6.45, 7) is 1.84. The molecule has 0 radical (unpaired) electrons. The van der Waals surface area contributed by atoms with Crippen LogP contribution in [-0.4, -0.2) is 76.5 Å². The minimum absolute atomic E-state index is 0.00960. The van der Waals surface area contributed by atoms with E-state index in [0.29, 0.717) is 47.7 Å². The van der Waals surface area contributed by atoms with E-state index in [1.54, 1.807) is 41.4 Å². The van der Waals surface area contributed by atoms with Crippen LogP contribution >= 0.6 is 11.6 Å². The number of anilines is 3. The average Bonchev–Trinajstić information content (AvgIpc) is 3.39. The predicted molar refractivity (Wildman–Crippen MR) is 164 cm³/mol. The number of piperidine rings is 1. The van der Waals surface area contributed by atoms with Crippen molar-refractivity contribution in [1.82, 2.24) is 24.8 Å². The summed E-state index contributed by atoms with van der Waals surface area (Å²) in [6.07, 6.45) is 8.55. The molecular weight excluding hydrogens is 540 g/mol. The molecule has 5 rings (SSSR count). The van der Waals surface area contributed by atoms with E-state index in [1.807, 2.05) is 49.5 Å². The van der Waals surface area contributed by atoms with Crippen molar-refractivity contribution in [1.29, 1.82) is 0 Å². The predicted octanol–water partition coefficient (Wildman–Crippen LogP) is 5.44. The lowest BCUT2D eigenvalue weighted by Crippen LogP contribution is -2.47. The number of fused-ring (bicyclic) bond motifs is 1. The van der Waals surface area contributed by atoms with Crippen LogP contribution < -0.4 is 16.0 Å². The lowest BCUT2D eigenvalue weighted by atomic mass is 10.1. The Morgan fingerprint density at radius 2 is 1.88 bits per heavy atom. The highest BCUT2D eigenvalue weighted by atomic mass is 35.5. The second kappa shape index (κ2) is 12.8. The molecule has 1 atom stereocenters. The Hall–Kier alpha value is -4.41. The summed E-state index contributed by atoms with van der Waals surface area (Å²) in [5.41, 5.74) is 3.87. The molecule has 3 heterocycles. The largest absolute Gasteiger partial charge is 0.360 e. The van der Waals surface area contributed by atoms with Crippen LogP contribution in [-0.2, 0) is 4.79 Å². The lowest BCUT2D eigenvalue weighted by Gasteiger charge is -2.33. The number of rotatable bonds is 8. The summed E-state index contributed by atoms with van der Waals surface area (Å²) in [4.78, 5) is 41.2. The Balaban J connectivity index is 1.17. The van der Waals surface area contributed by atoms with E-state index < -0.39 is 0 Å². The number of nitrogens with one attached hydrogen (secondary N) is 4. The van der Waals surface area contributed by atoms with Crippen LogP contribution in [0.5, 0.6) is 0 Å². The molecule has 1 saturated heterocycles. The summed E-state index contributed by atoms with van der Waals surface area (Å²) in [6, 6.07) is 14.9. The third kappa shape index (κ3) is 7.22. The summed E-state index contributed by atoms with van der Waals surface area (Å²) in [5.74, 6) is 0.268. The van der Waals surface area contributed by atoms with Gasteiger partial charge in [0.05, 0.1) is 16.9 Å². The van der Waals surface area contributed by atoms with E-state index in [-0.39, 0.29) is 18.0 Å². The normalized spacial score (nSPS) is 15.4. The number of para-hydroxylation sites is 1. The Bertz CT molecular complexity index is 1550. The number of likely N-dealkylation sites (tertiary alicyclic amines) is 1. The molecular formula is C30H33ClN8O2. The van der Waals surface area contributed by atoms with Gasteiger partial charge in [-0.2, -0.15) is 0 Å². The molecule has 3 amide bonds. The fourth-order valence-electron chi connectivity index (χ4n) is 4.75. The number of hydrogen-bond acceptors (Lipinski definition) is 6. The highest BCUT2D eigenvalue weighted by molar-refractivity contribution is 6.33. The molecule has 11 heteroatoms. The molecule has 212 valence electrons. The number of likely N-dealkylation sites (N-methyl/N-ethyl adjacent to an activating group) is 1. The van der Waals surface area contributed by atoms with E-state index in [4.69, 9.17) is 16.6 Å². The van der Waals surface area contributed by atoms with Crippen LogP contribution in [0.25, 0.3) is 22.2 Å². The number of aromatic amines is 1. The van der Waals surface area contributed by atoms with Crippen molar-refractivity contribution in [2.45, 2.75) is 18.9 Å². The number of H-pyrrole nitrogens is 1. The van der Waals surface area contributed by atoms with Gasteiger partial charge in [0.25, 0.3) is 0 Å². The number of halogens is 1. The van der Waals surface area contributed by atoms with Crippen molar-refractivity contribution in [3.05, 3.63) is 78.1 Å². The Kier molecular flexibility index (Phi) is 8.81. The van der Waals surface area contributed by atoms with Crippen molar-refractivity contribution < 1.29 is 9.59 Å². The van der Waals surface area contributed by atoms with Gasteiger partial charge in [0, 0.05) is 65.8 Å². The number of carbonyl (C=O) groups excluding carboxylic acids is 2. The molecule has 0 aliphatic carbocycles. The maximum Gasteiger partial charge on any atom is 0.321 e. The molecule has 0 bridgehead atoms. The van der Waals surface area contributed by atoms with E-state index in [1.165, 1.54) is 6.08 Å². The van der Waals surface area contributed by atoms with Crippen molar-refractivity contribution in [3.63, 3.8) is 0 Å². The van der Waals surface area contributed by atoms with E-state index in [9.17, 15) is 9.59 Å². The average molecular weight is 573 g/mol. The van der Waals surface area contributed by atoms with Gasteiger partial charge in [-0.1, -0.05) is 35.9 Å². The first kappa shape index (κ1) is 28.1. The van der Waals surface area contributed by atoms with Crippen LogP contribution in [0.1, 0.15) is 12.8 Å². The van der Waals surface area contributed by atoms with Crippen LogP contribution in [0.15, 0.2) is 73.1 Å². The SMILES string of the molecule is CN(C)C/C=C/C(=O)Nc1ccc(NC(=O)N2CCCC(Nc3ncc(Cl)c(-c4c[nH]c5ccccc45)n3)C2)cc1. The van der Waals surface area contributed by atoms with Gasteiger partial charge in [-0.3, -0.25) is 4.79 Å². The van der Waals surface area contributed by atoms with Gasteiger partial charge < -0.3 is 30.7 Å². The highest BCUT2D eigenvalue weighted by Crippen LogP contribution is 2.32. The quantitative estimate of drug-likeness (QED) is 0.209. The number of urea groups is 1. The maximum absolute atomic E-state index is 13.0. The topological polar surface area (TPSA) is 118 Å². The Labute approximate surface area is 243 Å². The zero-order chi connectivity index (χ0) is 28.8. The lowest BCUT2D eigenvalue weighted by molar-refractivity contribution is -0.111.